The maximum atomic E-state index is 12.4. The molecule has 118 valence electrons. The number of nitrogens with zero attached hydrogens (tertiary/aromatic N) is 4. The second-order valence-electron chi connectivity index (χ2n) is 4.96. The topological polar surface area (TPSA) is 72.3 Å². The monoisotopic (exact) mass is 303 g/mol. The van der Waals surface area contributed by atoms with E-state index in [1.54, 1.807) is 23.7 Å². The van der Waals surface area contributed by atoms with E-state index in [0.717, 1.165) is 18.0 Å². The average Bonchev–Trinajstić information content (AvgIpc) is 2.93. The van der Waals surface area contributed by atoms with Crippen LogP contribution in [0.3, 0.4) is 0 Å². The molecule has 0 unspecified atom stereocenters. The quantitative estimate of drug-likeness (QED) is 0.857. The molecule has 0 bridgehead atoms. The lowest BCUT2D eigenvalue weighted by atomic mass is 10.2. The van der Waals surface area contributed by atoms with Crippen molar-refractivity contribution in [2.24, 2.45) is 0 Å². The van der Waals surface area contributed by atoms with Crippen LogP contribution in [0.2, 0.25) is 0 Å². The molecule has 1 N–H and O–H groups in total. The molecule has 1 amide bonds. The summed E-state index contributed by atoms with van der Waals surface area (Å²) in [4.78, 5) is 14.0. The van der Waals surface area contributed by atoms with Crippen LogP contribution in [0.4, 0.5) is 0 Å². The summed E-state index contributed by atoms with van der Waals surface area (Å²) in [6, 6.07) is 7.44. The average molecular weight is 303 g/mol. The van der Waals surface area contributed by atoms with E-state index >= 15 is 0 Å². The zero-order valence-corrected chi connectivity index (χ0v) is 13.3. The Balaban J connectivity index is 2.23. The number of carbonyl (C=O) groups excluding carboxylic acids is 1. The summed E-state index contributed by atoms with van der Waals surface area (Å²) >= 11 is 0. The number of carbonyl (C=O) groups is 1. The van der Waals surface area contributed by atoms with Gasteiger partial charge in [-0.05, 0) is 38.2 Å². The fourth-order valence-electron chi connectivity index (χ4n) is 2.06. The van der Waals surface area contributed by atoms with E-state index in [1.165, 1.54) is 0 Å². The maximum Gasteiger partial charge on any atom is 0.276 e. The molecule has 0 aliphatic carbocycles. The van der Waals surface area contributed by atoms with E-state index in [9.17, 15) is 4.79 Å². The first-order valence-electron chi connectivity index (χ1n) is 7.05. The van der Waals surface area contributed by atoms with E-state index in [4.69, 9.17) is 4.74 Å². The highest BCUT2D eigenvalue weighted by atomic mass is 16.5. The molecular formula is C15H21N5O2. The van der Waals surface area contributed by atoms with E-state index < -0.39 is 0 Å². The molecule has 0 spiro atoms. The molecule has 2 aromatic rings. The zero-order valence-electron chi connectivity index (χ0n) is 13.3. The van der Waals surface area contributed by atoms with E-state index in [0.29, 0.717) is 17.9 Å². The van der Waals surface area contributed by atoms with Gasteiger partial charge in [0.05, 0.1) is 18.5 Å². The molecule has 0 radical (unpaired) electrons. The molecule has 1 aromatic carbocycles. The van der Waals surface area contributed by atoms with Crippen molar-refractivity contribution < 1.29 is 9.53 Å². The third-order valence-electron chi connectivity index (χ3n) is 3.46. The number of likely N-dealkylation sites (N-methyl/N-ethyl adjacent to an activating group) is 2. The highest BCUT2D eigenvalue weighted by Gasteiger charge is 2.20. The lowest BCUT2D eigenvalue weighted by molar-refractivity contribution is 0.0790. The van der Waals surface area contributed by atoms with Gasteiger partial charge < -0.3 is 15.0 Å². The Morgan fingerprint density at radius 1 is 1.36 bits per heavy atom. The van der Waals surface area contributed by atoms with Crippen LogP contribution in [0.25, 0.3) is 5.69 Å². The Hall–Kier alpha value is -2.41. The minimum absolute atomic E-state index is 0.132. The van der Waals surface area contributed by atoms with Crippen LogP contribution in [0, 0.1) is 6.92 Å². The number of hydrogen-bond acceptors (Lipinski definition) is 5. The zero-order chi connectivity index (χ0) is 16.1. The molecule has 7 heteroatoms. The van der Waals surface area contributed by atoms with Gasteiger partial charge in [0.2, 0.25) is 0 Å². The van der Waals surface area contributed by atoms with Crippen molar-refractivity contribution in [1.29, 1.82) is 0 Å². The number of nitrogens with one attached hydrogen (secondary N) is 1. The summed E-state index contributed by atoms with van der Waals surface area (Å²) in [7, 11) is 5.22. The van der Waals surface area contributed by atoms with Crippen LogP contribution in [0.1, 0.15) is 16.2 Å². The lowest BCUT2D eigenvalue weighted by Gasteiger charge is -2.15. The van der Waals surface area contributed by atoms with Crippen molar-refractivity contribution in [3.63, 3.8) is 0 Å². The molecule has 1 heterocycles. The summed E-state index contributed by atoms with van der Waals surface area (Å²) < 4.78 is 6.79. The van der Waals surface area contributed by atoms with Crippen LogP contribution < -0.4 is 10.1 Å². The molecule has 0 saturated heterocycles. The van der Waals surface area contributed by atoms with Crippen molar-refractivity contribution in [3.8, 4) is 11.4 Å². The summed E-state index contributed by atoms with van der Waals surface area (Å²) in [5.74, 6) is 0.636. The Labute approximate surface area is 129 Å². The smallest absolute Gasteiger partial charge is 0.276 e. The number of benzene rings is 1. The van der Waals surface area contributed by atoms with Gasteiger partial charge in [0.25, 0.3) is 5.91 Å². The van der Waals surface area contributed by atoms with Crippen LogP contribution in [0.5, 0.6) is 5.75 Å². The molecule has 0 fully saturated rings. The Morgan fingerprint density at radius 3 is 2.64 bits per heavy atom. The van der Waals surface area contributed by atoms with Crippen LogP contribution in [0.15, 0.2) is 24.3 Å². The minimum atomic E-state index is -0.132. The standard InChI is InChI=1S/C15H21N5O2/c1-11-14(15(21)19(3)10-9-16-2)17-18-20(11)12-5-7-13(22-4)8-6-12/h5-8,16H,9-10H2,1-4H3. The second-order valence-corrected chi connectivity index (χ2v) is 4.96. The van der Waals surface area contributed by atoms with Gasteiger partial charge in [0.1, 0.15) is 5.75 Å². The molecule has 0 aliphatic heterocycles. The van der Waals surface area contributed by atoms with Gasteiger partial charge in [-0.3, -0.25) is 4.79 Å². The summed E-state index contributed by atoms with van der Waals surface area (Å²) in [6.07, 6.45) is 0. The normalized spacial score (nSPS) is 10.5. The third-order valence-corrected chi connectivity index (χ3v) is 3.46. The highest BCUT2D eigenvalue weighted by molar-refractivity contribution is 5.93. The van der Waals surface area contributed by atoms with Gasteiger partial charge in [-0.2, -0.15) is 0 Å². The summed E-state index contributed by atoms with van der Waals surface area (Å²) in [6.45, 7) is 3.18. The highest BCUT2D eigenvalue weighted by Crippen LogP contribution is 2.17. The predicted molar refractivity (Wildman–Crippen MR) is 83.5 cm³/mol. The predicted octanol–water partition coefficient (Wildman–Crippen LogP) is 0.876. The lowest BCUT2D eigenvalue weighted by Crippen LogP contribution is -2.33. The molecule has 2 rings (SSSR count). The van der Waals surface area contributed by atoms with Crippen molar-refractivity contribution in [2.75, 3.05) is 34.3 Å². The molecule has 0 atom stereocenters. The van der Waals surface area contributed by atoms with Gasteiger partial charge in [-0.25, -0.2) is 4.68 Å². The molecule has 1 aromatic heterocycles. The number of ether oxygens (including phenoxy) is 1. The fourth-order valence-corrected chi connectivity index (χ4v) is 2.06. The Kier molecular flexibility index (Phi) is 5.11. The first-order chi connectivity index (χ1) is 10.6. The summed E-state index contributed by atoms with van der Waals surface area (Å²) in [5.41, 5.74) is 1.92. The molecular weight excluding hydrogens is 282 g/mol. The van der Waals surface area contributed by atoms with Crippen molar-refractivity contribution in [2.45, 2.75) is 6.92 Å². The van der Waals surface area contributed by atoms with Gasteiger partial charge in [-0.15, -0.1) is 5.10 Å². The molecule has 22 heavy (non-hydrogen) atoms. The van der Waals surface area contributed by atoms with Gasteiger partial charge in [-0.1, -0.05) is 5.21 Å². The first-order valence-corrected chi connectivity index (χ1v) is 7.05. The van der Waals surface area contributed by atoms with E-state index in [-0.39, 0.29) is 5.91 Å². The number of rotatable bonds is 6. The number of hydrogen-bond donors (Lipinski definition) is 1. The first kappa shape index (κ1) is 16.0. The van der Waals surface area contributed by atoms with Crippen molar-refractivity contribution in [1.82, 2.24) is 25.2 Å². The molecule has 0 saturated carbocycles. The number of aromatic nitrogens is 3. The second kappa shape index (κ2) is 7.04. The van der Waals surface area contributed by atoms with Crippen LogP contribution in [-0.2, 0) is 0 Å². The van der Waals surface area contributed by atoms with E-state index in [1.807, 2.05) is 38.2 Å². The molecule has 7 nitrogen and oxygen atoms in total. The SMILES string of the molecule is CNCCN(C)C(=O)c1nnn(-c2ccc(OC)cc2)c1C. The van der Waals surface area contributed by atoms with Crippen LogP contribution in [-0.4, -0.2) is 60.1 Å². The Bertz CT molecular complexity index is 636. The van der Waals surface area contributed by atoms with Crippen molar-refractivity contribution >= 4 is 5.91 Å². The van der Waals surface area contributed by atoms with E-state index in [2.05, 4.69) is 15.6 Å². The van der Waals surface area contributed by atoms with Gasteiger partial charge in [0, 0.05) is 20.1 Å². The van der Waals surface area contributed by atoms with Crippen molar-refractivity contribution in [3.05, 3.63) is 35.7 Å². The molecule has 0 aliphatic rings. The van der Waals surface area contributed by atoms with Gasteiger partial charge in [0.15, 0.2) is 5.69 Å². The van der Waals surface area contributed by atoms with Crippen LogP contribution >= 0.6 is 0 Å². The maximum absolute atomic E-state index is 12.4. The summed E-state index contributed by atoms with van der Waals surface area (Å²) in [5, 5.41) is 11.1. The number of methoxy groups -OCH3 is 1. The van der Waals surface area contributed by atoms with Gasteiger partial charge >= 0.3 is 0 Å². The minimum Gasteiger partial charge on any atom is -0.497 e. The Morgan fingerprint density at radius 2 is 2.05 bits per heavy atom. The fraction of sp³-hybridized carbons (Fsp3) is 0.400. The number of amides is 1. The third kappa shape index (κ3) is 3.25. The largest absolute Gasteiger partial charge is 0.497 e.